The minimum absolute atomic E-state index is 0.299. The number of nitrogens with one attached hydrogen (secondary N) is 1. The highest BCUT2D eigenvalue weighted by molar-refractivity contribution is 5.69. The lowest BCUT2D eigenvalue weighted by Crippen LogP contribution is -1.80. The first-order valence-electron chi connectivity index (χ1n) is 3.29. The van der Waals surface area contributed by atoms with E-state index in [1.54, 1.807) is 0 Å². The lowest BCUT2D eigenvalue weighted by Gasteiger charge is -1.81. The van der Waals surface area contributed by atoms with Gasteiger partial charge >= 0.3 is 0 Å². The summed E-state index contributed by atoms with van der Waals surface area (Å²) in [5.41, 5.74) is 0.299. The molecule has 0 aromatic carbocycles. The summed E-state index contributed by atoms with van der Waals surface area (Å²) in [6.07, 6.45) is 1.33. The first kappa shape index (κ1) is 9.37. The first-order valence-corrected chi connectivity index (χ1v) is 3.29. The van der Waals surface area contributed by atoms with Crippen LogP contribution in [0.15, 0.2) is 12.9 Å². The van der Waals surface area contributed by atoms with Gasteiger partial charge in [0.15, 0.2) is 5.82 Å². The predicted octanol–water partition coefficient (Wildman–Crippen LogP) is 1.37. The van der Waals surface area contributed by atoms with Gasteiger partial charge in [0.2, 0.25) is 0 Å². The predicted molar refractivity (Wildman–Crippen MR) is 42.4 cm³/mol. The van der Waals surface area contributed by atoms with Crippen LogP contribution in [0, 0.1) is 11.3 Å². The van der Waals surface area contributed by atoms with Crippen LogP contribution in [-0.4, -0.2) is 15.2 Å². The molecule has 0 amide bonds. The molecule has 0 radical (unpaired) electrons. The molecule has 0 saturated heterocycles. The molecule has 0 bridgehead atoms. The van der Waals surface area contributed by atoms with Gasteiger partial charge in [-0.15, -0.1) is 0 Å². The van der Waals surface area contributed by atoms with Crippen molar-refractivity contribution in [1.82, 2.24) is 15.2 Å². The molecule has 0 aliphatic rings. The van der Waals surface area contributed by atoms with Crippen LogP contribution in [0.3, 0.4) is 0 Å². The van der Waals surface area contributed by atoms with E-state index in [9.17, 15) is 0 Å². The average molecular weight is 150 g/mol. The number of H-pyrrole nitrogens is 1. The number of nitrogens with zero attached hydrogens (tertiary/aromatic N) is 3. The fourth-order valence-corrected chi connectivity index (χ4v) is 0.404. The number of allylic oxidation sites excluding steroid dienone is 1. The van der Waals surface area contributed by atoms with E-state index < -0.39 is 0 Å². The standard InChI is InChI=1S/C5H4N4.C2H6/c1-4(2-6)5-7-3-8-9-5;1-2/h3H,1H2,(H,7,8,9);1-2H3. The van der Waals surface area contributed by atoms with E-state index in [2.05, 4.69) is 21.8 Å². The fourth-order valence-electron chi connectivity index (χ4n) is 0.404. The van der Waals surface area contributed by atoms with Crippen molar-refractivity contribution < 1.29 is 0 Å². The van der Waals surface area contributed by atoms with Gasteiger partial charge < -0.3 is 0 Å². The summed E-state index contributed by atoms with van der Waals surface area (Å²) < 4.78 is 0. The second-order valence-electron chi connectivity index (χ2n) is 1.42. The quantitative estimate of drug-likeness (QED) is 0.615. The number of hydrogen-bond acceptors (Lipinski definition) is 3. The van der Waals surface area contributed by atoms with Gasteiger partial charge in [-0.25, -0.2) is 4.98 Å². The zero-order chi connectivity index (χ0) is 8.69. The number of hydrogen-bond donors (Lipinski definition) is 1. The van der Waals surface area contributed by atoms with Crippen molar-refractivity contribution in [2.24, 2.45) is 0 Å². The molecule has 0 aliphatic carbocycles. The highest BCUT2D eigenvalue weighted by Crippen LogP contribution is 1.99. The van der Waals surface area contributed by atoms with Crippen LogP contribution in [0.1, 0.15) is 19.7 Å². The summed E-state index contributed by atoms with van der Waals surface area (Å²) in [6, 6.07) is 1.84. The van der Waals surface area contributed by atoms with Crippen LogP contribution in [0.4, 0.5) is 0 Å². The maximum absolute atomic E-state index is 8.27. The Morgan fingerprint density at radius 1 is 1.73 bits per heavy atom. The number of rotatable bonds is 1. The molecule has 11 heavy (non-hydrogen) atoms. The molecule has 1 rings (SSSR count). The molecule has 0 aliphatic heterocycles. The summed E-state index contributed by atoms with van der Waals surface area (Å²) >= 11 is 0. The molecule has 58 valence electrons. The molecule has 4 nitrogen and oxygen atoms in total. The van der Waals surface area contributed by atoms with Crippen LogP contribution in [0.2, 0.25) is 0 Å². The summed E-state index contributed by atoms with van der Waals surface area (Å²) in [4.78, 5) is 3.70. The zero-order valence-corrected chi connectivity index (χ0v) is 6.63. The molecule has 0 spiro atoms. The Bertz CT molecular complexity index is 242. The lowest BCUT2D eigenvalue weighted by atomic mass is 10.3. The maximum Gasteiger partial charge on any atom is 0.165 e. The summed E-state index contributed by atoms with van der Waals surface area (Å²) in [6.45, 7) is 7.42. The molecule has 1 N–H and O–H groups in total. The second kappa shape index (κ2) is 5.18. The van der Waals surface area contributed by atoms with Crippen molar-refractivity contribution in [2.45, 2.75) is 13.8 Å². The van der Waals surface area contributed by atoms with Gasteiger partial charge in [-0.1, -0.05) is 20.4 Å². The zero-order valence-electron chi connectivity index (χ0n) is 6.63. The molecule has 4 heteroatoms. The third-order valence-electron chi connectivity index (χ3n) is 0.836. The number of nitriles is 1. The van der Waals surface area contributed by atoms with Crippen LogP contribution < -0.4 is 0 Å². The Kier molecular flexibility index (Phi) is 4.41. The number of aromatic nitrogens is 3. The van der Waals surface area contributed by atoms with E-state index in [1.165, 1.54) is 6.33 Å². The lowest BCUT2D eigenvalue weighted by molar-refractivity contribution is 1.07. The normalized spacial score (nSPS) is 7.36. The summed E-state index contributed by atoms with van der Waals surface area (Å²) in [5, 5.41) is 14.3. The van der Waals surface area contributed by atoms with E-state index >= 15 is 0 Å². The molecule has 0 unspecified atom stereocenters. The molecule has 1 aromatic heterocycles. The van der Waals surface area contributed by atoms with Gasteiger partial charge in [-0.3, -0.25) is 5.10 Å². The van der Waals surface area contributed by atoms with Gasteiger partial charge in [-0.2, -0.15) is 10.4 Å². The minimum Gasteiger partial charge on any atom is -0.259 e. The van der Waals surface area contributed by atoms with E-state index in [1.807, 2.05) is 19.9 Å². The Morgan fingerprint density at radius 3 is 2.73 bits per heavy atom. The summed E-state index contributed by atoms with van der Waals surface area (Å²) in [5.74, 6) is 0.428. The van der Waals surface area contributed by atoms with Gasteiger partial charge in [0.1, 0.15) is 12.4 Å². The van der Waals surface area contributed by atoms with Gasteiger partial charge in [0.05, 0.1) is 5.57 Å². The Labute approximate surface area is 65.6 Å². The highest BCUT2D eigenvalue weighted by atomic mass is 15.2. The highest BCUT2D eigenvalue weighted by Gasteiger charge is 1.96. The molecular formula is C7H10N4. The van der Waals surface area contributed by atoms with Gasteiger partial charge in [-0.05, 0) is 0 Å². The minimum atomic E-state index is 0.299. The fraction of sp³-hybridized carbons (Fsp3) is 0.286. The second-order valence-corrected chi connectivity index (χ2v) is 1.42. The monoisotopic (exact) mass is 150 g/mol. The van der Waals surface area contributed by atoms with Crippen molar-refractivity contribution in [3.05, 3.63) is 18.7 Å². The first-order chi connectivity index (χ1) is 5.34. The largest absolute Gasteiger partial charge is 0.259 e. The summed E-state index contributed by atoms with van der Waals surface area (Å²) in [7, 11) is 0. The SMILES string of the molecule is C=C(C#N)c1ncn[nH]1.CC. The van der Waals surface area contributed by atoms with Gasteiger partial charge in [0.25, 0.3) is 0 Å². The number of aromatic amines is 1. The van der Waals surface area contributed by atoms with E-state index in [0.29, 0.717) is 11.4 Å². The molecular weight excluding hydrogens is 140 g/mol. The van der Waals surface area contributed by atoms with E-state index in [0.717, 1.165) is 0 Å². The van der Waals surface area contributed by atoms with Crippen LogP contribution in [0.25, 0.3) is 5.57 Å². The average Bonchev–Trinajstić information content (AvgIpc) is 2.59. The third-order valence-corrected chi connectivity index (χ3v) is 0.836. The van der Waals surface area contributed by atoms with Crippen LogP contribution in [0.5, 0.6) is 0 Å². The van der Waals surface area contributed by atoms with Crippen molar-refractivity contribution >= 4 is 5.57 Å². The Balaban J connectivity index is 0.000000461. The maximum atomic E-state index is 8.27. The van der Waals surface area contributed by atoms with E-state index in [-0.39, 0.29) is 0 Å². The molecule has 1 aromatic rings. The van der Waals surface area contributed by atoms with E-state index in [4.69, 9.17) is 5.26 Å². The molecule has 0 saturated carbocycles. The van der Waals surface area contributed by atoms with Crippen molar-refractivity contribution in [1.29, 1.82) is 5.26 Å². The molecule has 0 fully saturated rings. The van der Waals surface area contributed by atoms with Gasteiger partial charge in [0, 0.05) is 0 Å². The van der Waals surface area contributed by atoms with Crippen molar-refractivity contribution in [2.75, 3.05) is 0 Å². The van der Waals surface area contributed by atoms with Crippen LogP contribution >= 0.6 is 0 Å². The molecule has 1 heterocycles. The van der Waals surface area contributed by atoms with Crippen molar-refractivity contribution in [3.63, 3.8) is 0 Å². The van der Waals surface area contributed by atoms with Crippen LogP contribution in [-0.2, 0) is 0 Å². The molecule has 0 atom stereocenters. The van der Waals surface area contributed by atoms with Crippen molar-refractivity contribution in [3.8, 4) is 6.07 Å². The third kappa shape index (κ3) is 2.63. The topological polar surface area (TPSA) is 65.4 Å². The Morgan fingerprint density at radius 2 is 2.36 bits per heavy atom. The Hall–Kier alpha value is -1.63. The smallest absolute Gasteiger partial charge is 0.165 e.